The zero-order chi connectivity index (χ0) is 15.3. The minimum absolute atomic E-state index is 0.0497. The SMILES string of the molecule is Cc1cn(C2CCCCO2)nc1B1OC(C)(C)C(C)(C)O1. The normalized spacial score (nSPS) is 28.0. The van der Waals surface area contributed by atoms with Gasteiger partial charge in [0, 0.05) is 12.8 Å². The molecule has 6 heteroatoms. The average molecular weight is 292 g/mol. The van der Waals surface area contributed by atoms with Gasteiger partial charge in [-0.3, -0.25) is 0 Å². The largest absolute Gasteiger partial charge is 0.516 e. The zero-order valence-electron chi connectivity index (χ0n) is 13.7. The fraction of sp³-hybridized carbons (Fsp3) is 0.800. The predicted octanol–water partition coefficient (Wildman–Crippen LogP) is 2.19. The summed E-state index contributed by atoms with van der Waals surface area (Å²) < 4.78 is 19.9. The number of nitrogens with zero attached hydrogens (tertiary/aromatic N) is 2. The fourth-order valence-corrected chi connectivity index (χ4v) is 2.76. The van der Waals surface area contributed by atoms with Gasteiger partial charge < -0.3 is 14.0 Å². The van der Waals surface area contributed by atoms with Crippen LogP contribution < -0.4 is 5.59 Å². The van der Waals surface area contributed by atoms with Crippen molar-refractivity contribution in [3.05, 3.63) is 11.8 Å². The molecule has 0 amide bonds. The zero-order valence-corrected chi connectivity index (χ0v) is 13.7. The monoisotopic (exact) mass is 292 g/mol. The van der Waals surface area contributed by atoms with E-state index in [1.807, 2.05) is 17.8 Å². The summed E-state index contributed by atoms with van der Waals surface area (Å²) in [5.74, 6) is 0. The lowest BCUT2D eigenvalue weighted by Crippen LogP contribution is -2.41. The summed E-state index contributed by atoms with van der Waals surface area (Å²) in [7, 11) is -0.403. The van der Waals surface area contributed by atoms with Crippen LogP contribution in [0.1, 0.15) is 58.7 Å². The molecule has 0 spiro atoms. The van der Waals surface area contributed by atoms with Crippen molar-refractivity contribution >= 4 is 12.7 Å². The number of hydrogen-bond acceptors (Lipinski definition) is 4. The van der Waals surface area contributed by atoms with E-state index < -0.39 is 7.12 Å². The lowest BCUT2D eigenvalue weighted by Gasteiger charge is -2.32. The second kappa shape index (κ2) is 5.11. The lowest BCUT2D eigenvalue weighted by molar-refractivity contribution is -0.0393. The van der Waals surface area contributed by atoms with Crippen molar-refractivity contribution in [3.8, 4) is 0 Å². The maximum Gasteiger partial charge on any atom is 0.516 e. The Bertz CT molecular complexity index is 505. The van der Waals surface area contributed by atoms with Crippen LogP contribution in [0.2, 0.25) is 0 Å². The summed E-state index contributed by atoms with van der Waals surface area (Å²) in [5, 5.41) is 4.69. The molecule has 0 aliphatic carbocycles. The van der Waals surface area contributed by atoms with Gasteiger partial charge in [0.25, 0.3) is 0 Å². The summed E-state index contributed by atoms with van der Waals surface area (Å²) in [6.07, 6.45) is 5.44. The van der Waals surface area contributed by atoms with Crippen molar-refractivity contribution in [2.75, 3.05) is 6.61 Å². The van der Waals surface area contributed by atoms with Gasteiger partial charge >= 0.3 is 7.12 Å². The minimum atomic E-state index is -0.403. The quantitative estimate of drug-likeness (QED) is 0.784. The van der Waals surface area contributed by atoms with Gasteiger partial charge in [0.05, 0.1) is 16.8 Å². The predicted molar refractivity (Wildman–Crippen MR) is 81.5 cm³/mol. The molecule has 3 heterocycles. The third-order valence-corrected chi connectivity index (χ3v) is 4.88. The Morgan fingerprint density at radius 3 is 2.43 bits per heavy atom. The highest BCUT2D eigenvalue weighted by Gasteiger charge is 2.53. The van der Waals surface area contributed by atoms with Gasteiger partial charge in [0.1, 0.15) is 6.23 Å². The van der Waals surface area contributed by atoms with Crippen LogP contribution in [0.25, 0.3) is 0 Å². The Labute approximate surface area is 127 Å². The molecule has 2 fully saturated rings. The van der Waals surface area contributed by atoms with E-state index in [0.717, 1.165) is 30.6 Å². The van der Waals surface area contributed by atoms with Gasteiger partial charge in [0.2, 0.25) is 0 Å². The van der Waals surface area contributed by atoms with Gasteiger partial charge in [-0.05, 0) is 59.4 Å². The highest BCUT2D eigenvalue weighted by Crippen LogP contribution is 2.36. The number of aryl methyl sites for hydroxylation is 1. The third-order valence-electron chi connectivity index (χ3n) is 4.88. The van der Waals surface area contributed by atoms with E-state index in [1.165, 1.54) is 6.42 Å². The molecule has 2 aliphatic rings. The first-order chi connectivity index (χ1) is 9.80. The van der Waals surface area contributed by atoms with Crippen LogP contribution in [0.3, 0.4) is 0 Å². The van der Waals surface area contributed by atoms with E-state index in [9.17, 15) is 0 Å². The Hall–Kier alpha value is -0.845. The summed E-state index contributed by atoms with van der Waals surface area (Å²) in [6.45, 7) is 11.1. The average Bonchev–Trinajstić information content (AvgIpc) is 2.89. The Kier molecular flexibility index (Phi) is 3.67. The third kappa shape index (κ3) is 2.65. The molecule has 3 rings (SSSR count). The van der Waals surface area contributed by atoms with Crippen LogP contribution in [0.5, 0.6) is 0 Å². The minimum Gasteiger partial charge on any atom is -0.398 e. The van der Waals surface area contributed by atoms with E-state index in [0.29, 0.717) is 0 Å². The first-order valence-electron chi connectivity index (χ1n) is 7.83. The summed E-state index contributed by atoms with van der Waals surface area (Å²) in [5.41, 5.74) is 1.27. The standard InChI is InChI=1S/C15H25BN2O3/c1-11-10-18(12-8-6-7-9-19-12)17-13(11)16-20-14(2,3)15(4,5)21-16/h10,12H,6-9H2,1-5H3. The van der Waals surface area contributed by atoms with Gasteiger partial charge in [-0.15, -0.1) is 0 Å². The van der Waals surface area contributed by atoms with E-state index >= 15 is 0 Å². The van der Waals surface area contributed by atoms with Gasteiger partial charge in [-0.2, -0.15) is 5.10 Å². The molecular weight excluding hydrogens is 267 g/mol. The van der Waals surface area contributed by atoms with Crippen LogP contribution in [0, 0.1) is 6.92 Å². The van der Waals surface area contributed by atoms with Gasteiger partial charge in [0.15, 0.2) is 0 Å². The van der Waals surface area contributed by atoms with E-state index in [1.54, 1.807) is 0 Å². The van der Waals surface area contributed by atoms with E-state index in [-0.39, 0.29) is 17.4 Å². The van der Waals surface area contributed by atoms with Crippen molar-refractivity contribution in [1.29, 1.82) is 0 Å². The molecule has 1 aromatic heterocycles. The molecule has 21 heavy (non-hydrogen) atoms. The molecule has 0 radical (unpaired) electrons. The van der Waals surface area contributed by atoms with Crippen molar-refractivity contribution in [1.82, 2.24) is 9.78 Å². The highest BCUT2D eigenvalue weighted by atomic mass is 16.7. The molecule has 0 saturated carbocycles. The molecule has 1 aromatic rings. The number of rotatable bonds is 2. The van der Waals surface area contributed by atoms with Crippen LogP contribution in [-0.2, 0) is 14.0 Å². The number of ether oxygens (including phenoxy) is 1. The molecular formula is C15H25BN2O3. The second-order valence-electron chi connectivity index (χ2n) is 7.09. The van der Waals surface area contributed by atoms with Gasteiger partial charge in [-0.1, -0.05) is 0 Å². The first-order valence-corrected chi connectivity index (χ1v) is 7.83. The molecule has 116 valence electrons. The molecule has 0 bridgehead atoms. The first kappa shape index (κ1) is 15.1. The lowest BCUT2D eigenvalue weighted by atomic mass is 9.82. The van der Waals surface area contributed by atoms with E-state index in [4.69, 9.17) is 14.0 Å². The second-order valence-corrected chi connectivity index (χ2v) is 7.09. The van der Waals surface area contributed by atoms with Crippen molar-refractivity contribution in [2.45, 2.75) is 71.3 Å². The Morgan fingerprint density at radius 2 is 1.86 bits per heavy atom. The molecule has 1 atom stereocenters. The Balaban J connectivity index is 1.82. The molecule has 2 saturated heterocycles. The fourth-order valence-electron chi connectivity index (χ4n) is 2.76. The molecule has 1 unspecified atom stereocenters. The number of hydrogen-bond donors (Lipinski definition) is 0. The summed E-state index contributed by atoms with van der Waals surface area (Å²) in [6, 6.07) is 0. The van der Waals surface area contributed by atoms with Crippen molar-refractivity contribution < 1.29 is 14.0 Å². The molecule has 2 aliphatic heterocycles. The van der Waals surface area contributed by atoms with Gasteiger partial charge in [-0.25, -0.2) is 4.68 Å². The van der Waals surface area contributed by atoms with E-state index in [2.05, 4.69) is 32.8 Å². The number of aromatic nitrogens is 2. The van der Waals surface area contributed by atoms with Crippen LogP contribution in [0.4, 0.5) is 0 Å². The smallest absolute Gasteiger partial charge is 0.398 e. The Morgan fingerprint density at radius 1 is 1.19 bits per heavy atom. The summed E-state index contributed by atoms with van der Waals surface area (Å²) in [4.78, 5) is 0. The summed E-state index contributed by atoms with van der Waals surface area (Å²) >= 11 is 0. The van der Waals surface area contributed by atoms with Crippen LogP contribution in [0.15, 0.2) is 6.20 Å². The van der Waals surface area contributed by atoms with Crippen LogP contribution >= 0.6 is 0 Å². The topological polar surface area (TPSA) is 45.5 Å². The van der Waals surface area contributed by atoms with Crippen molar-refractivity contribution in [2.24, 2.45) is 0 Å². The molecule has 0 N–H and O–H groups in total. The van der Waals surface area contributed by atoms with Crippen LogP contribution in [-0.4, -0.2) is 34.7 Å². The maximum atomic E-state index is 6.09. The molecule has 5 nitrogen and oxygen atoms in total. The maximum absolute atomic E-state index is 6.09. The molecule has 0 aromatic carbocycles. The van der Waals surface area contributed by atoms with Crippen molar-refractivity contribution in [3.63, 3.8) is 0 Å². The highest BCUT2D eigenvalue weighted by molar-refractivity contribution is 6.61.